The highest BCUT2D eigenvalue weighted by Crippen LogP contribution is 2.31. The first-order valence-corrected chi connectivity index (χ1v) is 16.8. The number of ketones is 1. The van der Waals surface area contributed by atoms with Crippen molar-refractivity contribution in [2.24, 2.45) is 11.8 Å². The van der Waals surface area contributed by atoms with Gasteiger partial charge >= 0.3 is 12.1 Å². The van der Waals surface area contributed by atoms with Crippen molar-refractivity contribution < 1.29 is 43.4 Å². The van der Waals surface area contributed by atoms with Crippen LogP contribution in [0.3, 0.4) is 0 Å². The summed E-state index contributed by atoms with van der Waals surface area (Å²) in [6, 6.07) is 3.31. The number of hydrogen-bond donors (Lipinski definition) is 5. The molecule has 3 rings (SSSR count). The quantitative estimate of drug-likeness (QED) is 0.173. The summed E-state index contributed by atoms with van der Waals surface area (Å²) >= 11 is 0. The summed E-state index contributed by atoms with van der Waals surface area (Å²) < 4.78 is 5.31. The lowest BCUT2D eigenvalue weighted by atomic mass is 9.83. The van der Waals surface area contributed by atoms with Gasteiger partial charge in [0.15, 0.2) is 6.04 Å². The van der Waals surface area contributed by atoms with Gasteiger partial charge in [-0.15, -0.1) is 0 Å². The number of carbonyl (C=O) groups is 7. The van der Waals surface area contributed by atoms with Gasteiger partial charge in [-0.3, -0.25) is 24.0 Å². The van der Waals surface area contributed by atoms with E-state index in [-0.39, 0.29) is 36.8 Å². The number of alkyl carbamates (subject to hydrolysis) is 1. The third kappa shape index (κ3) is 10.5. The maximum atomic E-state index is 14.1. The monoisotopic (exact) mass is 671 g/mol. The normalized spacial score (nSPS) is 19.8. The first kappa shape index (κ1) is 38.0. The molecule has 14 heteroatoms. The molecular weight excluding hydrogens is 622 g/mol. The fraction of sp³-hybridized carbons (Fsp3) is 0.618. The van der Waals surface area contributed by atoms with Crippen molar-refractivity contribution in [3.05, 3.63) is 35.9 Å². The Morgan fingerprint density at radius 3 is 2.19 bits per heavy atom. The number of hydrogen-bond acceptors (Lipinski definition) is 8. The van der Waals surface area contributed by atoms with Crippen LogP contribution in [0.15, 0.2) is 30.3 Å². The molecule has 1 aliphatic carbocycles. The smallest absolute Gasteiger partial charge is 0.407 e. The van der Waals surface area contributed by atoms with E-state index in [0.717, 1.165) is 32.1 Å². The predicted octanol–water partition coefficient (Wildman–Crippen LogP) is 2.22. The summed E-state index contributed by atoms with van der Waals surface area (Å²) in [5, 5.41) is 19.4. The maximum Gasteiger partial charge on any atom is 0.407 e. The van der Waals surface area contributed by atoms with E-state index in [4.69, 9.17) is 4.74 Å². The van der Waals surface area contributed by atoms with E-state index in [2.05, 4.69) is 21.3 Å². The largest absolute Gasteiger partial charge is 0.479 e. The lowest BCUT2D eigenvalue weighted by molar-refractivity contribution is -0.145. The van der Waals surface area contributed by atoms with E-state index in [1.165, 1.54) is 17.0 Å². The van der Waals surface area contributed by atoms with Crippen molar-refractivity contribution >= 4 is 41.5 Å². The summed E-state index contributed by atoms with van der Waals surface area (Å²) in [7, 11) is 0. The van der Waals surface area contributed by atoms with E-state index in [1.807, 2.05) is 20.8 Å². The van der Waals surface area contributed by atoms with Gasteiger partial charge in [0.2, 0.25) is 23.5 Å². The highest BCUT2D eigenvalue weighted by molar-refractivity contribution is 6.38. The zero-order chi connectivity index (χ0) is 35.4. The van der Waals surface area contributed by atoms with Crippen molar-refractivity contribution in [1.82, 2.24) is 26.2 Å². The third-order valence-corrected chi connectivity index (χ3v) is 8.79. The van der Waals surface area contributed by atoms with E-state index in [1.54, 1.807) is 25.1 Å². The summed E-state index contributed by atoms with van der Waals surface area (Å²) in [6.45, 7) is 6.78. The number of carboxylic acid groups (broad SMARTS) is 1. The van der Waals surface area contributed by atoms with Gasteiger partial charge in [0.25, 0.3) is 5.91 Å². The van der Waals surface area contributed by atoms with Crippen LogP contribution in [0.2, 0.25) is 0 Å². The van der Waals surface area contributed by atoms with Gasteiger partial charge in [-0.2, -0.15) is 0 Å². The molecule has 48 heavy (non-hydrogen) atoms. The number of amides is 5. The molecular formula is C34H49N5O9. The number of likely N-dealkylation sites (tertiary alicyclic amines) is 1. The molecule has 14 nitrogen and oxygen atoms in total. The fourth-order valence-electron chi connectivity index (χ4n) is 6.20. The zero-order valence-electron chi connectivity index (χ0n) is 28.2. The molecule has 1 aromatic carbocycles. The number of ether oxygens (including phenoxy) is 1. The van der Waals surface area contributed by atoms with Crippen molar-refractivity contribution in [1.29, 1.82) is 0 Å². The molecule has 264 valence electrons. The van der Waals surface area contributed by atoms with Gasteiger partial charge in [-0.05, 0) is 56.4 Å². The van der Waals surface area contributed by atoms with Gasteiger partial charge in [-0.25, -0.2) is 9.59 Å². The van der Waals surface area contributed by atoms with Crippen molar-refractivity contribution in [2.45, 2.75) is 109 Å². The molecule has 2 aliphatic rings. The number of Topliss-reactive ketones (excluding diaryl/α,β-unsaturated/α-hetero) is 1. The number of benzene rings is 1. The van der Waals surface area contributed by atoms with E-state index in [0.29, 0.717) is 18.4 Å². The van der Waals surface area contributed by atoms with E-state index in [9.17, 15) is 38.7 Å². The lowest BCUT2D eigenvalue weighted by Gasteiger charge is -2.36. The Morgan fingerprint density at radius 1 is 0.917 bits per heavy atom. The Labute approximate surface area is 281 Å². The SMILES string of the molecule is CCC(NC(=O)[C@@H]1CCC(C)N1C(=O)[C@@H](NC(=O)OCC(C)C)C1CCCCC1)C(=O)C(=O)NCC(=O)NC(C(=O)O)c1ccccc1. The Kier molecular flexibility index (Phi) is 14.4. The molecule has 0 bridgehead atoms. The van der Waals surface area contributed by atoms with Crippen LogP contribution in [0.25, 0.3) is 0 Å². The third-order valence-electron chi connectivity index (χ3n) is 8.79. The van der Waals surface area contributed by atoms with Gasteiger partial charge in [-0.1, -0.05) is 70.4 Å². The van der Waals surface area contributed by atoms with Gasteiger partial charge in [0, 0.05) is 6.04 Å². The molecule has 0 spiro atoms. The predicted molar refractivity (Wildman–Crippen MR) is 174 cm³/mol. The molecule has 5 amide bonds. The number of nitrogens with one attached hydrogen (secondary N) is 4. The molecule has 1 saturated heterocycles. The lowest BCUT2D eigenvalue weighted by Crippen LogP contribution is -2.59. The summed E-state index contributed by atoms with van der Waals surface area (Å²) in [5.41, 5.74) is 0.329. The molecule has 1 heterocycles. The van der Waals surface area contributed by atoms with Crippen LogP contribution in [-0.4, -0.2) is 88.8 Å². The van der Waals surface area contributed by atoms with Crippen LogP contribution in [-0.2, 0) is 33.5 Å². The zero-order valence-corrected chi connectivity index (χ0v) is 28.2. The Hall–Kier alpha value is -4.49. The van der Waals surface area contributed by atoms with Gasteiger partial charge < -0.3 is 36.0 Å². The average Bonchev–Trinajstić information content (AvgIpc) is 3.47. The first-order chi connectivity index (χ1) is 22.8. The van der Waals surface area contributed by atoms with Crippen LogP contribution in [0.4, 0.5) is 4.79 Å². The second kappa shape index (κ2) is 18.2. The van der Waals surface area contributed by atoms with Crippen LogP contribution in [0.5, 0.6) is 0 Å². The number of carbonyl (C=O) groups excluding carboxylic acids is 6. The molecule has 1 aromatic rings. The second-order valence-electron chi connectivity index (χ2n) is 13.0. The Balaban J connectivity index is 1.64. The van der Waals surface area contributed by atoms with E-state index < -0.39 is 66.3 Å². The average molecular weight is 672 g/mol. The first-order valence-electron chi connectivity index (χ1n) is 16.8. The maximum absolute atomic E-state index is 14.1. The minimum atomic E-state index is -1.35. The highest BCUT2D eigenvalue weighted by atomic mass is 16.5. The standard InChI is InChI=1S/C34H49N5O9/c1-5-24(29(41)31(43)35-18-26(40)37-28(33(45)46)23-14-10-7-11-15-23)36-30(42)25-17-16-21(4)39(25)32(44)27(22-12-8-6-9-13-22)38-34(47)48-19-20(2)3/h7,10-11,14-15,20-22,24-25,27-28H,5-6,8-9,12-13,16-19H2,1-4H3,(H,35,43)(H,36,42)(H,37,40)(H,38,47)(H,45,46)/t21?,24?,25-,27-,28?/m0/s1. The minimum Gasteiger partial charge on any atom is -0.479 e. The van der Waals surface area contributed by atoms with Crippen LogP contribution in [0, 0.1) is 11.8 Å². The van der Waals surface area contributed by atoms with E-state index >= 15 is 0 Å². The minimum absolute atomic E-state index is 0.0590. The van der Waals surface area contributed by atoms with Crippen LogP contribution >= 0.6 is 0 Å². The van der Waals surface area contributed by atoms with Gasteiger partial charge in [0.1, 0.15) is 12.1 Å². The molecule has 1 aliphatic heterocycles. The molecule has 0 radical (unpaired) electrons. The molecule has 2 fully saturated rings. The van der Waals surface area contributed by atoms with Crippen LogP contribution < -0.4 is 21.3 Å². The molecule has 5 atom stereocenters. The molecule has 3 unspecified atom stereocenters. The number of nitrogens with zero attached hydrogens (tertiary/aromatic N) is 1. The number of rotatable bonds is 15. The fourth-order valence-corrected chi connectivity index (χ4v) is 6.20. The summed E-state index contributed by atoms with van der Waals surface area (Å²) in [5.74, 6) is -5.23. The van der Waals surface area contributed by atoms with Gasteiger partial charge in [0.05, 0.1) is 19.2 Å². The Morgan fingerprint density at radius 2 is 1.58 bits per heavy atom. The van der Waals surface area contributed by atoms with Crippen molar-refractivity contribution in [3.8, 4) is 0 Å². The van der Waals surface area contributed by atoms with Crippen molar-refractivity contribution in [3.63, 3.8) is 0 Å². The molecule has 1 saturated carbocycles. The second-order valence-corrected chi connectivity index (χ2v) is 13.0. The number of carboxylic acids is 1. The summed E-state index contributed by atoms with van der Waals surface area (Å²) in [6.07, 6.45) is 4.63. The highest BCUT2D eigenvalue weighted by Gasteiger charge is 2.44. The molecule has 0 aromatic heterocycles. The van der Waals surface area contributed by atoms with Crippen molar-refractivity contribution in [2.75, 3.05) is 13.2 Å². The number of aliphatic carboxylic acids is 1. The molecule has 5 N–H and O–H groups in total. The topological polar surface area (TPSA) is 200 Å². The Bertz CT molecular complexity index is 1320. The van der Waals surface area contributed by atoms with Crippen LogP contribution in [0.1, 0.15) is 90.7 Å². The summed E-state index contributed by atoms with van der Waals surface area (Å²) in [4.78, 5) is 91.6.